The minimum Gasteiger partial charge on any atom is -0.381 e. The van der Waals surface area contributed by atoms with E-state index < -0.39 is 5.41 Å². The van der Waals surface area contributed by atoms with E-state index in [-0.39, 0.29) is 0 Å². The first kappa shape index (κ1) is 9.32. The van der Waals surface area contributed by atoms with E-state index in [1.165, 1.54) is 0 Å². The molecule has 0 N–H and O–H groups in total. The Balaban J connectivity index is 2.08. The SMILES string of the molecule is N#CC1(c2ncccc2Br)C2COC[C@@H]21. The fourth-order valence-corrected chi connectivity index (χ4v) is 3.20. The lowest BCUT2D eigenvalue weighted by molar-refractivity contribution is 0.151. The zero-order valence-corrected chi connectivity index (χ0v) is 9.57. The highest BCUT2D eigenvalue weighted by Crippen LogP contribution is 2.63. The highest BCUT2D eigenvalue weighted by molar-refractivity contribution is 9.10. The molecule has 0 spiro atoms. The van der Waals surface area contributed by atoms with E-state index in [1.54, 1.807) is 6.20 Å². The molecule has 2 heterocycles. The number of nitrogens with zero attached hydrogens (tertiary/aromatic N) is 2. The van der Waals surface area contributed by atoms with E-state index in [2.05, 4.69) is 27.0 Å². The lowest BCUT2D eigenvalue weighted by Gasteiger charge is -2.13. The van der Waals surface area contributed by atoms with E-state index in [0.717, 1.165) is 10.2 Å². The molecule has 2 fully saturated rings. The number of pyridine rings is 1. The van der Waals surface area contributed by atoms with E-state index in [0.29, 0.717) is 25.0 Å². The summed E-state index contributed by atoms with van der Waals surface area (Å²) in [4.78, 5) is 4.34. The topological polar surface area (TPSA) is 45.9 Å². The standard InChI is InChI=1S/C11H9BrN2O/c12-9-2-1-3-14-10(9)11(6-13)7-4-15-5-8(7)11/h1-3,7-8H,4-5H2/t7-,8?,11?/m0/s1. The van der Waals surface area contributed by atoms with Crippen LogP contribution < -0.4 is 0 Å². The number of hydrogen-bond donors (Lipinski definition) is 0. The van der Waals surface area contributed by atoms with Crippen molar-refractivity contribution >= 4 is 15.9 Å². The van der Waals surface area contributed by atoms with E-state index in [4.69, 9.17) is 4.74 Å². The van der Waals surface area contributed by atoms with Crippen molar-refractivity contribution in [2.45, 2.75) is 5.41 Å². The van der Waals surface area contributed by atoms with Crippen molar-refractivity contribution in [3.05, 3.63) is 28.5 Å². The van der Waals surface area contributed by atoms with Gasteiger partial charge in [-0.05, 0) is 28.1 Å². The number of hydrogen-bond acceptors (Lipinski definition) is 3. The van der Waals surface area contributed by atoms with Gasteiger partial charge in [-0.2, -0.15) is 5.26 Å². The Morgan fingerprint density at radius 3 is 2.87 bits per heavy atom. The van der Waals surface area contributed by atoms with Crippen LogP contribution in [0.3, 0.4) is 0 Å². The highest BCUT2D eigenvalue weighted by Gasteiger charge is 2.70. The van der Waals surface area contributed by atoms with Gasteiger partial charge in [-0.1, -0.05) is 0 Å². The van der Waals surface area contributed by atoms with Crippen LogP contribution >= 0.6 is 15.9 Å². The molecule has 1 aliphatic heterocycles. The summed E-state index contributed by atoms with van der Waals surface area (Å²) in [6, 6.07) is 6.25. The van der Waals surface area contributed by atoms with Gasteiger partial charge in [0.15, 0.2) is 0 Å². The smallest absolute Gasteiger partial charge is 0.111 e. The van der Waals surface area contributed by atoms with Gasteiger partial charge in [0.05, 0.1) is 25.0 Å². The predicted octanol–water partition coefficient (Wildman–Crippen LogP) is 1.88. The van der Waals surface area contributed by atoms with Gasteiger partial charge in [0.1, 0.15) is 5.41 Å². The van der Waals surface area contributed by atoms with Crippen LogP contribution in [0, 0.1) is 23.2 Å². The minimum atomic E-state index is -0.391. The molecule has 3 nitrogen and oxygen atoms in total. The van der Waals surface area contributed by atoms with Crippen molar-refractivity contribution in [2.75, 3.05) is 13.2 Å². The molecule has 76 valence electrons. The highest BCUT2D eigenvalue weighted by atomic mass is 79.9. The molecular weight excluding hydrogens is 256 g/mol. The summed E-state index contributed by atoms with van der Waals surface area (Å²) >= 11 is 3.47. The van der Waals surface area contributed by atoms with Crippen molar-refractivity contribution in [3.63, 3.8) is 0 Å². The summed E-state index contributed by atoms with van der Waals surface area (Å²) in [7, 11) is 0. The zero-order chi connectivity index (χ0) is 10.5. The third kappa shape index (κ3) is 1.05. The Hall–Kier alpha value is -0.920. The van der Waals surface area contributed by atoms with Gasteiger partial charge in [-0.15, -0.1) is 0 Å². The number of rotatable bonds is 1. The normalized spacial score (nSPS) is 37.1. The second-order valence-corrected chi connectivity index (χ2v) is 4.92. The molecule has 1 saturated heterocycles. The predicted molar refractivity (Wildman–Crippen MR) is 57.0 cm³/mol. The zero-order valence-electron chi connectivity index (χ0n) is 7.98. The molecule has 1 aliphatic carbocycles. The first-order chi connectivity index (χ1) is 7.30. The molecule has 3 rings (SSSR count). The van der Waals surface area contributed by atoms with Crippen LogP contribution in [0.15, 0.2) is 22.8 Å². The van der Waals surface area contributed by atoms with Crippen LogP contribution in [0.1, 0.15) is 5.69 Å². The molecule has 1 aromatic rings. The van der Waals surface area contributed by atoms with Crippen molar-refractivity contribution in [1.82, 2.24) is 4.98 Å². The van der Waals surface area contributed by atoms with Gasteiger partial charge in [0.2, 0.25) is 0 Å². The van der Waals surface area contributed by atoms with Gasteiger partial charge < -0.3 is 4.74 Å². The maximum absolute atomic E-state index is 9.37. The lowest BCUT2D eigenvalue weighted by Crippen LogP contribution is -2.18. The fraction of sp³-hybridized carbons (Fsp3) is 0.455. The van der Waals surface area contributed by atoms with Crippen LogP contribution in [-0.4, -0.2) is 18.2 Å². The van der Waals surface area contributed by atoms with Gasteiger partial charge in [-0.3, -0.25) is 4.98 Å². The molecule has 4 heteroatoms. The largest absolute Gasteiger partial charge is 0.381 e. The van der Waals surface area contributed by atoms with Crippen LogP contribution in [0.4, 0.5) is 0 Å². The van der Waals surface area contributed by atoms with Gasteiger partial charge in [0.25, 0.3) is 0 Å². The summed E-state index contributed by atoms with van der Waals surface area (Å²) in [6.45, 7) is 1.39. The van der Waals surface area contributed by atoms with E-state index >= 15 is 0 Å². The van der Waals surface area contributed by atoms with Crippen molar-refractivity contribution in [1.29, 1.82) is 5.26 Å². The minimum absolute atomic E-state index is 0.341. The third-order valence-corrected chi connectivity index (χ3v) is 4.12. The number of aromatic nitrogens is 1. The van der Waals surface area contributed by atoms with Gasteiger partial charge in [-0.25, -0.2) is 0 Å². The monoisotopic (exact) mass is 264 g/mol. The lowest BCUT2D eigenvalue weighted by atomic mass is 9.98. The van der Waals surface area contributed by atoms with Crippen molar-refractivity contribution in [2.24, 2.45) is 11.8 Å². The summed E-state index contributed by atoms with van der Waals surface area (Å²) < 4.78 is 6.26. The average Bonchev–Trinajstić information content (AvgIpc) is 2.64. The molecular formula is C11H9BrN2O. The Labute approximate surface area is 96.2 Å². The van der Waals surface area contributed by atoms with Crippen molar-refractivity contribution in [3.8, 4) is 6.07 Å². The van der Waals surface area contributed by atoms with Gasteiger partial charge >= 0.3 is 0 Å². The summed E-state index contributed by atoms with van der Waals surface area (Å²) in [5.41, 5.74) is 0.490. The Morgan fingerprint density at radius 2 is 2.27 bits per heavy atom. The maximum atomic E-state index is 9.37. The van der Waals surface area contributed by atoms with Gasteiger partial charge in [0, 0.05) is 22.5 Å². The van der Waals surface area contributed by atoms with E-state index in [9.17, 15) is 5.26 Å². The third-order valence-electron chi connectivity index (χ3n) is 3.48. The average molecular weight is 265 g/mol. The summed E-state index contributed by atoms with van der Waals surface area (Å²) in [5.74, 6) is 0.683. The molecule has 1 saturated carbocycles. The Bertz CT molecular complexity index is 444. The molecule has 2 unspecified atom stereocenters. The number of nitriles is 1. The second-order valence-electron chi connectivity index (χ2n) is 4.07. The molecule has 15 heavy (non-hydrogen) atoms. The Kier molecular flexibility index (Phi) is 1.88. The number of fused-ring (bicyclic) bond motifs is 1. The van der Waals surface area contributed by atoms with Crippen molar-refractivity contribution < 1.29 is 4.74 Å². The molecule has 3 atom stereocenters. The van der Waals surface area contributed by atoms with Crippen LogP contribution in [0.2, 0.25) is 0 Å². The van der Waals surface area contributed by atoms with E-state index in [1.807, 2.05) is 12.1 Å². The first-order valence-corrected chi connectivity index (χ1v) is 5.70. The van der Waals surface area contributed by atoms with Crippen LogP contribution in [0.25, 0.3) is 0 Å². The quantitative estimate of drug-likeness (QED) is 0.778. The Morgan fingerprint density at radius 1 is 1.53 bits per heavy atom. The molecule has 2 aliphatic rings. The summed E-state index contributed by atoms with van der Waals surface area (Å²) in [5, 5.41) is 9.37. The fourth-order valence-electron chi connectivity index (χ4n) is 2.62. The van der Waals surface area contributed by atoms with Crippen LogP contribution in [-0.2, 0) is 10.2 Å². The van der Waals surface area contributed by atoms with Crippen LogP contribution in [0.5, 0.6) is 0 Å². The second kappa shape index (κ2) is 3.03. The molecule has 0 amide bonds. The molecule has 0 bridgehead atoms. The maximum Gasteiger partial charge on any atom is 0.111 e. The molecule has 1 aromatic heterocycles. The first-order valence-electron chi connectivity index (χ1n) is 4.90. The number of ether oxygens (including phenoxy) is 1. The molecule has 0 aromatic carbocycles. The number of halogens is 1. The summed E-state index contributed by atoms with van der Waals surface area (Å²) in [6.07, 6.45) is 1.74. The molecule has 0 radical (unpaired) electrons.